The van der Waals surface area contributed by atoms with E-state index in [0.29, 0.717) is 13.0 Å². The molecule has 1 saturated heterocycles. The molecule has 3 rings (SSSR count). The first kappa shape index (κ1) is 17.4. The third kappa shape index (κ3) is 4.78. The summed E-state index contributed by atoms with van der Waals surface area (Å²) >= 11 is 3.36. The summed E-state index contributed by atoms with van der Waals surface area (Å²) in [5, 5.41) is 5.80. The average molecular weight is 396 g/mol. The molecule has 1 aromatic rings. The Bertz CT molecular complexity index is 587. The normalized spacial score (nSPS) is 23.5. The highest BCUT2D eigenvalue weighted by atomic mass is 79.9. The van der Waals surface area contributed by atoms with Crippen LogP contribution in [0.3, 0.4) is 0 Å². The van der Waals surface area contributed by atoms with Crippen LogP contribution in [0.1, 0.15) is 6.42 Å². The minimum Gasteiger partial charge on any atom is -0.379 e. The minimum atomic E-state index is -0.211. The van der Waals surface area contributed by atoms with Crippen LogP contribution in [0.4, 0.5) is 5.69 Å². The maximum Gasteiger partial charge on any atom is 0.228 e. The van der Waals surface area contributed by atoms with Crippen molar-refractivity contribution < 1.29 is 14.3 Å². The first-order valence-electron chi connectivity index (χ1n) is 8.28. The van der Waals surface area contributed by atoms with Gasteiger partial charge < -0.3 is 15.4 Å². The Balaban J connectivity index is 1.37. The molecule has 2 unspecified atom stereocenters. The van der Waals surface area contributed by atoms with Crippen molar-refractivity contribution in [3.05, 3.63) is 28.7 Å². The number of amides is 2. The molecular weight excluding hydrogens is 374 g/mol. The molecule has 2 fully saturated rings. The van der Waals surface area contributed by atoms with Crippen molar-refractivity contribution in [1.82, 2.24) is 10.2 Å². The topological polar surface area (TPSA) is 70.7 Å². The number of carbonyl (C=O) groups is 2. The molecule has 24 heavy (non-hydrogen) atoms. The Labute approximate surface area is 150 Å². The SMILES string of the molecule is O=C(NCCN1CCOCC1)C1CC1C(=O)Nc1ccc(Br)cc1. The number of hydrogen-bond donors (Lipinski definition) is 2. The quantitative estimate of drug-likeness (QED) is 0.764. The molecule has 1 saturated carbocycles. The zero-order valence-corrected chi connectivity index (χ0v) is 15.0. The van der Waals surface area contributed by atoms with Gasteiger partial charge in [0.1, 0.15) is 0 Å². The largest absolute Gasteiger partial charge is 0.379 e. The first-order valence-corrected chi connectivity index (χ1v) is 9.07. The van der Waals surface area contributed by atoms with E-state index in [1.54, 1.807) is 0 Å². The molecule has 2 N–H and O–H groups in total. The Hall–Kier alpha value is -1.44. The zero-order valence-electron chi connectivity index (χ0n) is 13.5. The average Bonchev–Trinajstić information content (AvgIpc) is 3.39. The Morgan fingerprint density at radius 3 is 2.50 bits per heavy atom. The molecular formula is C17H22BrN3O3. The van der Waals surface area contributed by atoms with Crippen molar-refractivity contribution in [3.63, 3.8) is 0 Å². The van der Waals surface area contributed by atoms with Crippen LogP contribution in [-0.2, 0) is 14.3 Å². The molecule has 0 spiro atoms. The lowest BCUT2D eigenvalue weighted by Crippen LogP contribution is -2.41. The number of rotatable bonds is 6. The van der Waals surface area contributed by atoms with E-state index >= 15 is 0 Å². The molecule has 1 aliphatic heterocycles. The number of carbonyl (C=O) groups excluding carboxylic acids is 2. The lowest BCUT2D eigenvalue weighted by atomic mass is 10.2. The standard InChI is InChI=1S/C17H22BrN3O3/c18-12-1-3-13(4-2-12)20-17(23)15-11-14(15)16(22)19-5-6-21-7-9-24-10-8-21/h1-4,14-15H,5-11H2,(H,19,22)(H,20,23). The van der Waals surface area contributed by atoms with Crippen molar-refractivity contribution in [2.45, 2.75) is 6.42 Å². The lowest BCUT2D eigenvalue weighted by Gasteiger charge is -2.26. The fourth-order valence-corrected chi connectivity index (χ4v) is 3.10. The highest BCUT2D eigenvalue weighted by molar-refractivity contribution is 9.10. The van der Waals surface area contributed by atoms with Crippen molar-refractivity contribution in [1.29, 1.82) is 0 Å². The molecule has 0 bridgehead atoms. The van der Waals surface area contributed by atoms with Gasteiger partial charge in [-0.2, -0.15) is 0 Å². The maximum atomic E-state index is 12.2. The number of halogens is 1. The summed E-state index contributed by atoms with van der Waals surface area (Å²) in [6.07, 6.45) is 0.631. The number of hydrogen-bond acceptors (Lipinski definition) is 4. The molecule has 2 atom stereocenters. The van der Waals surface area contributed by atoms with Crippen molar-refractivity contribution in [2.75, 3.05) is 44.7 Å². The minimum absolute atomic E-state index is 0.0146. The van der Waals surface area contributed by atoms with E-state index in [1.165, 1.54) is 0 Å². The van der Waals surface area contributed by atoms with E-state index < -0.39 is 0 Å². The summed E-state index contributed by atoms with van der Waals surface area (Å²) in [7, 11) is 0. The van der Waals surface area contributed by atoms with Gasteiger partial charge in [-0.15, -0.1) is 0 Å². The van der Waals surface area contributed by atoms with Crippen LogP contribution in [0.2, 0.25) is 0 Å². The second-order valence-corrected chi connectivity index (χ2v) is 7.11. The monoisotopic (exact) mass is 395 g/mol. The van der Waals surface area contributed by atoms with E-state index in [-0.39, 0.29) is 23.7 Å². The third-order valence-corrected chi connectivity index (χ3v) is 4.94. The van der Waals surface area contributed by atoms with Crippen molar-refractivity contribution in [3.8, 4) is 0 Å². The van der Waals surface area contributed by atoms with Crippen LogP contribution in [0.5, 0.6) is 0 Å². The predicted molar refractivity (Wildman–Crippen MR) is 94.6 cm³/mol. The Morgan fingerprint density at radius 2 is 1.79 bits per heavy atom. The van der Waals surface area contributed by atoms with Gasteiger partial charge in [0.2, 0.25) is 11.8 Å². The van der Waals surface area contributed by atoms with E-state index in [2.05, 4.69) is 31.5 Å². The van der Waals surface area contributed by atoms with Gasteiger partial charge in [-0.3, -0.25) is 14.5 Å². The molecule has 1 aliphatic carbocycles. The van der Waals surface area contributed by atoms with Crippen LogP contribution in [0.25, 0.3) is 0 Å². The Morgan fingerprint density at radius 1 is 1.12 bits per heavy atom. The fourth-order valence-electron chi connectivity index (χ4n) is 2.84. The number of anilines is 1. The van der Waals surface area contributed by atoms with E-state index in [1.807, 2.05) is 24.3 Å². The smallest absolute Gasteiger partial charge is 0.228 e. The number of ether oxygens (including phenoxy) is 1. The second-order valence-electron chi connectivity index (χ2n) is 6.19. The third-order valence-electron chi connectivity index (χ3n) is 4.41. The zero-order chi connectivity index (χ0) is 16.9. The highest BCUT2D eigenvalue weighted by Crippen LogP contribution is 2.39. The van der Waals surface area contributed by atoms with Gasteiger partial charge in [0.25, 0.3) is 0 Å². The molecule has 130 valence electrons. The molecule has 0 aromatic heterocycles. The number of nitrogens with one attached hydrogen (secondary N) is 2. The van der Waals surface area contributed by atoms with Crippen molar-refractivity contribution >= 4 is 33.4 Å². The molecule has 1 aromatic carbocycles. The van der Waals surface area contributed by atoms with E-state index in [9.17, 15) is 9.59 Å². The van der Waals surface area contributed by atoms with Gasteiger partial charge in [-0.25, -0.2) is 0 Å². The molecule has 6 nitrogen and oxygen atoms in total. The van der Waals surface area contributed by atoms with Gasteiger partial charge in [0.05, 0.1) is 25.0 Å². The summed E-state index contributed by atoms with van der Waals surface area (Å²) in [6.45, 7) is 4.80. The van der Waals surface area contributed by atoms with E-state index in [4.69, 9.17) is 4.74 Å². The van der Waals surface area contributed by atoms with Gasteiger partial charge in [-0.05, 0) is 30.7 Å². The second kappa shape index (κ2) is 8.09. The molecule has 7 heteroatoms. The summed E-state index contributed by atoms with van der Waals surface area (Å²) in [5.74, 6) is -0.493. The van der Waals surface area contributed by atoms with Crippen LogP contribution in [0, 0.1) is 11.8 Å². The van der Waals surface area contributed by atoms with Crippen LogP contribution < -0.4 is 10.6 Å². The first-order chi connectivity index (χ1) is 11.6. The fraction of sp³-hybridized carbons (Fsp3) is 0.529. The van der Waals surface area contributed by atoms with E-state index in [0.717, 1.165) is 43.0 Å². The van der Waals surface area contributed by atoms with Crippen LogP contribution >= 0.6 is 15.9 Å². The summed E-state index contributed by atoms with van der Waals surface area (Å²) in [4.78, 5) is 26.6. The molecule has 1 heterocycles. The van der Waals surface area contributed by atoms with Crippen LogP contribution in [0.15, 0.2) is 28.7 Å². The van der Waals surface area contributed by atoms with Crippen LogP contribution in [-0.4, -0.2) is 56.1 Å². The Kier molecular flexibility index (Phi) is 5.86. The highest BCUT2D eigenvalue weighted by Gasteiger charge is 2.47. The molecule has 2 amide bonds. The summed E-state index contributed by atoms with van der Waals surface area (Å²) in [6, 6.07) is 7.42. The predicted octanol–water partition coefficient (Wildman–Crippen LogP) is 1.47. The van der Waals surface area contributed by atoms with Gasteiger partial charge >= 0.3 is 0 Å². The molecule has 2 aliphatic rings. The number of morpholine rings is 1. The van der Waals surface area contributed by atoms with Gasteiger partial charge in [0.15, 0.2) is 0 Å². The summed E-state index contributed by atoms with van der Waals surface area (Å²) < 4.78 is 6.26. The lowest BCUT2D eigenvalue weighted by molar-refractivity contribution is -0.125. The number of nitrogens with zero attached hydrogens (tertiary/aromatic N) is 1. The molecule has 0 radical (unpaired) electrons. The summed E-state index contributed by atoms with van der Waals surface area (Å²) in [5.41, 5.74) is 0.751. The van der Waals surface area contributed by atoms with Gasteiger partial charge in [0, 0.05) is 36.3 Å². The van der Waals surface area contributed by atoms with Gasteiger partial charge in [-0.1, -0.05) is 15.9 Å². The number of benzene rings is 1. The maximum absolute atomic E-state index is 12.2. The van der Waals surface area contributed by atoms with Crippen molar-refractivity contribution in [2.24, 2.45) is 11.8 Å².